The van der Waals surface area contributed by atoms with E-state index in [2.05, 4.69) is 29.2 Å². The highest BCUT2D eigenvalue weighted by atomic mass is 32.2. The van der Waals surface area contributed by atoms with Gasteiger partial charge in [-0.3, -0.25) is 0 Å². The Labute approximate surface area is 65.3 Å². The number of nitrogens with zero attached hydrogens (tertiary/aromatic N) is 2. The van der Waals surface area contributed by atoms with Gasteiger partial charge in [-0.2, -0.15) is 4.99 Å². The third kappa shape index (κ3) is 2.38. The van der Waals surface area contributed by atoms with Gasteiger partial charge >= 0.3 is 0 Å². The lowest BCUT2D eigenvalue weighted by molar-refractivity contribution is 0.657. The van der Waals surface area contributed by atoms with E-state index in [1.165, 1.54) is 16.9 Å². The van der Waals surface area contributed by atoms with E-state index >= 15 is 0 Å². The van der Waals surface area contributed by atoms with Crippen molar-refractivity contribution in [1.29, 1.82) is 0 Å². The van der Waals surface area contributed by atoms with E-state index in [9.17, 15) is 0 Å². The molecule has 3 heteroatoms. The van der Waals surface area contributed by atoms with Crippen LogP contribution in [-0.4, -0.2) is 6.01 Å². The summed E-state index contributed by atoms with van der Waals surface area (Å²) < 4.78 is 3.84. The molecule has 0 amide bonds. The standard InChI is InChI=1S/C7H10N2S/c1-6(2)3-7-4-8-5-9-10-7/h4,6H,3H2,1-2H3. The average Bonchev–Trinajstić information content (AvgIpc) is 1.88. The molecule has 54 valence electrons. The van der Waals surface area contributed by atoms with Gasteiger partial charge in [0.1, 0.15) is 6.01 Å². The largest absolute Gasteiger partial charge is 0.194 e. The summed E-state index contributed by atoms with van der Waals surface area (Å²) in [6.07, 6.45) is 2.90. The molecule has 0 aromatic rings. The zero-order chi connectivity index (χ0) is 7.40. The molecular weight excluding hydrogens is 144 g/mol. The summed E-state index contributed by atoms with van der Waals surface area (Å²) in [4.78, 5) is 5.04. The zero-order valence-electron chi connectivity index (χ0n) is 6.16. The second-order valence-corrected chi connectivity index (χ2v) is 3.49. The molecule has 0 bridgehead atoms. The van der Waals surface area contributed by atoms with Crippen molar-refractivity contribution >= 4 is 18.0 Å². The second-order valence-electron chi connectivity index (χ2n) is 2.61. The van der Waals surface area contributed by atoms with Crippen LogP contribution in [0, 0.1) is 5.92 Å². The summed E-state index contributed by atoms with van der Waals surface area (Å²) >= 11 is 1.47. The van der Waals surface area contributed by atoms with Gasteiger partial charge in [0, 0.05) is 23.1 Å². The summed E-state index contributed by atoms with van der Waals surface area (Å²) in [7, 11) is 0. The fourth-order valence-corrected chi connectivity index (χ4v) is 1.43. The van der Waals surface area contributed by atoms with E-state index in [0.717, 1.165) is 6.42 Å². The molecule has 0 aliphatic carbocycles. The first-order valence-electron chi connectivity index (χ1n) is 3.30. The Morgan fingerprint density at radius 1 is 1.70 bits per heavy atom. The summed E-state index contributed by atoms with van der Waals surface area (Å²) in [5.74, 6) is 0.683. The Bertz CT molecular complexity index is 200. The molecule has 1 aliphatic heterocycles. The maximum absolute atomic E-state index is 3.84. The fourth-order valence-electron chi connectivity index (χ4n) is 0.719. The molecule has 0 spiro atoms. The predicted octanol–water partition coefficient (Wildman–Crippen LogP) is 2.71. The van der Waals surface area contributed by atoms with E-state index in [1.54, 1.807) is 0 Å². The maximum Gasteiger partial charge on any atom is 0.107 e. The Kier molecular flexibility index (Phi) is 2.72. The monoisotopic (exact) mass is 154 g/mol. The molecule has 0 radical (unpaired) electrons. The first-order valence-corrected chi connectivity index (χ1v) is 4.07. The van der Waals surface area contributed by atoms with Crippen LogP contribution in [0.3, 0.4) is 0 Å². The third-order valence-corrected chi connectivity index (χ3v) is 1.76. The van der Waals surface area contributed by atoms with Crippen LogP contribution in [0.5, 0.6) is 0 Å². The zero-order valence-corrected chi connectivity index (χ0v) is 6.98. The second kappa shape index (κ2) is 3.59. The maximum atomic E-state index is 3.84. The SMILES string of the molecule is CC(C)CC1=CN=C=NS1. The van der Waals surface area contributed by atoms with Crippen molar-refractivity contribution in [2.45, 2.75) is 20.3 Å². The minimum Gasteiger partial charge on any atom is -0.194 e. The van der Waals surface area contributed by atoms with Gasteiger partial charge in [0.2, 0.25) is 0 Å². The van der Waals surface area contributed by atoms with E-state index in [1.807, 2.05) is 6.20 Å². The molecule has 1 heterocycles. The first kappa shape index (κ1) is 7.58. The van der Waals surface area contributed by atoms with Gasteiger partial charge in [0.05, 0.1) is 0 Å². The average molecular weight is 154 g/mol. The topological polar surface area (TPSA) is 24.7 Å². The number of allylic oxidation sites excluding steroid dienone is 1. The Morgan fingerprint density at radius 2 is 2.50 bits per heavy atom. The number of aliphatic imine (C=N–C) groups is 1. The highest BCUT2D eigenvalue weighted by Crippen LogP contribution is 2.25. The van der Waals surface area contributed by atoms with Gasteiger partial charge in [0.15, 0.2) is 0 Å². The quantitative estimate of drug-likeness (QED) is 0.561. The van der Waals surface area contributed by atoms with E-state index < -0.39 is 0 Å². The molecule has 0 atom stereocenters. The number of hydrogen-bond acceptors (Lipinski definition) is 3. The van der Waals surface area contributed by atoms with Crippen molar-refractivity contribution in [3.8, 4) is 0 Å². The Balaban J connectivity index is 2.45. The van der Waals surface area contributed by atoms with Crippen molar-refractivity contribution in [3.63, 3.8) is 0 Å². The predicted molar refractivity (Wildman–Crippen MR) is 45.0 cm³/mol. The van der Waals surface area contributed by atoms with Crippen molar-refractivity contribution in [2.24, 2.45) is 15.3 Å². The molecule has 0 saturated carbocycles. The Hall–Kier alpha value is -0.530. The van der Waals surface area contributed by atoms with Crippen LogP contribution < -0.4 is 0 Å². The number of hydrogen-bond donors (Lipinski definition) is 0. The summed E-state index contributed by atoms with van der Waals surface area (Å²) in [5, 5.41) is 0. The first-order chi connectivity index (χ1) is 4.79. The van der Waals surface area contributed by atoms with E-state index in [4.69, 9.17) is 0 Å². The lowest BCUT2D eigenvalue weighted by atomic mass is 10.1. The summed E-state index contributed by atoms with van der Waals surface area (Å²) in [5.41, 5.74) is 0. The minimum absolute atomic E-state index is 0.683. The molecule has 1 aliphatic rings. The summed E-state index contributed by atoms with van der Waals surface area (Å²) in [6.45, 7) is 4.37. The smallest absolute Gasteiger partial charge is 0.107 e. The van der Waals surface area contributed by atoms with Gasteiger partial charge < -0.3 is 0 Å². The van der Waals surface area contributed by atoms with Crippen LogP contribution in [-0.2, 0) is 0 Å². The summed E-state index contributed by atoms with van der Waals surface area (Å²) in [6, 6.07) is 2.52. The normalized spacial score (nSPS) is 16.1. The molecule has 0 N–H and O–H groups in total. The van der Waals surface area contributed by atoms with Crippen LogP contribution in [0.15, 0.2) is 20.5 Å². The van der Waals surface area contributed by atoms with Crippen molar-refractivity contribution < 1.29 is 0 Å². The van der Waals surface area contributed by atoms with E-state index in [-0.39, 0.29) is 0 Å². The van der Waals surface area contributed by atoms with Crippen LogP contribution in [0.4, 0.5) is 0 Å². The molecule has 10 heavy (non-hydrogen) atoms. The molecular formula is C7H10N2S. The van der Waals surface area contributed by atoms with E-state index in [0.29, 0.717) is 5.92 Å². The lowest BCUT2D eigenvalue weighted by Crippen LogP contribution is -1.88. The minimum atomic E-state index is 0.683. The Morgan fingerprint density at radius 3 is 3.00 bits per heavy atom. The van der Waals surface area contributed by atoms with Crippen molar-refractivity contribution in [3.05, 3.63) is 11.1 Å². The van der Waals surface area contributed by atoms with Crippen LogP contribution >= 0.6 is 11.9 Å². The van der Waals surface area contributed by atoms with Crippen molar-refractivity contribution in [1.82, 2.24) is 0 Å². The van der Waals surface area contributed by atoms with Crippen LogP contribution in [0.2, 0.25) is 0 Å². The highest BCUT2D eigenvalue weighted by Gasteiger charge is 2.02. The molecule has 0 fully saturated rings. The van der Waals surface area contributed by atoms with Gasteiger partial charge in [-0.25, -0.2) is 0 Å². The highest BCUT2D eigenvalue weighted by molar-refractivity contribution is 8.01. The van der Waals surface area contributed by atoms with Crippen LogP contribution in [0.1, 0.15) is 20.3 Å². The molecule has 2 nitrogen and oxygen atoms in total. The molecule has 0 unspecified atom stereocenters. The molecule has 0 saturated heterocycles. The third-order valence-electron chi connectivity index (χ3n) is 1.08. The molecule has 0 aromatic heterocycles. The molecule has 0 aromatic carbocycles. The van der Waals surface area contributed by atoms with Gasteiger partial charge in [-0.15, -0.1) is 4.40 Å². The number of rotatable bonds is 2. The fraction of sp³-hybridized carbons (Fsp3) is 0.571. The van der Waals surface area contributed by atoms with Gasteiger partial charge in [0.25, 0.3) is 0 Å². The lowest BCUT2D eigenvalue weighted by Gasteiger charge is -2.04. The molecule has 1 rings (SSSR count). The van der Waals surface area contributed by atoms with Gasteiger partial charge in [-0.1, -0.05) is 13.8 Å². The van der Waals surface area contributed by atoms with Gasteiger partial charge in [-0.05, 0) is 12.3 Å². The van der Waals surface area contributed by atoms with Crippen molar-refractivity contribution in [2.75, 3.05) is 0 Å². The van der Waals surface area contributed by atoms with Crippen LogP contribution in [0.25, 0.3) is 0 Å².